The van der Waals surface area contributed by atoms with Gasteiger partial charge in [0.15, 0.2) is 0 Å². The molecule has 1 amide bonds. The molecule has 6 heteroatoms. The second-order valence-electron chi connectivity index (χ2n) is 8.06. The number of nitrogens with one attached hydrogen (secondary N) is 2. The maximum absolute atomic E-state index is 13.1. The Balaban J connectivity index is 1.62. The Morgan fingerprint density at radius 2 is 1.86 bits per heavy atom. The van der Waals surface area contributed by atoms with E-state index in [1.54, 1.807) is 6.20 Å². The van der Waals surface area contributed by atoms with E-state index in [-0.39, 0.29) is 24.1 Å². The van der Waals surface area contributed by atoms with E-state index in [4.69, 9.17) is 0 Å². The molecule has 29 heavy (non-hydrogen) atoms. The van der Waals surface area contributed by atoms with Crippen LogP contribution in [0.4, 0.5) is 5.82 Å². The number of fused-ring (bicyclic) bond motifs is 1. The first-order valence-corrected chi connectivity index (χ1v) is 9.86. The predicted molar refractivity (Wildman–Crippen MR) is 113 cm³/mol. The van der Waals surface area contributed by atoms with Crippen molar-refractivity contribution in [1.82, 2.24) is 15.1 Å². The first-order chi connectivity index (χ1) is 14.0. The Kier molecular flexibility index (Phi) is 5.11. The fourth-order valence-corrected chi connectivity index (χ4v) is 3.96. The number of rotatable bonds is 5. The SMILES string of the molecule is CC1(C)CC(c2ccccc2)Nc2c(C(=O)N[C@H](CO)c3ccccc3)cnn21. The summed E-state index contributed by atoms with van der Waals surface area (Å²) < 4.78 is 1.89. The largest absolute Gasteiger partial charge is 0.394 e. The van der Waals surface area contributed by atoms with Gasteiger partial charge in [-0.25, -0.2) is 4.68 Å². The van der Waals surface area contributed by atoms with Crippen LogP contribution in [0.3, 0.4) is 0 Å². The molecule has 0 fully saturated rings. The average Bonchev–Trinajstić information content (AvgIpc) is 3.18. The van der Waals surface area contributed by atoms with Crippen molar-refractivity contribution < 1.29 is 9.90 Å². The minimum atomic E-state index is -0.472. The van der Waals surface area contributed by atoms with Crippen LogP contribution in [-0.2, 0) is 5.54 Å². The Morgan fingerprint density at radius 3 is 2.52 bits per heavy atom. The van der Waals surface area contributed by atoms with E-state index >= 15 is 0 Å². The van der Waals surface area contributed by atoms with Crippen molar-refractivity contribution in [2.75, 3.05) is 11.9 Å². The van der Waals surface area contributed by atoms with Gasteiger partial charge in [0.05, 0.1) is 30.4 Å². The zero-order valence-corrected chi connectivity index (χ0v) is 16.7. The summed E-state index contributed by atoms with van der Waals surface area (Å²) in [5.74, 6) is 0.448. The highest BCUT2D eigenvalue weighted by Gasteiger charge is 2.36. The molecule has 3 aromatic rings. The number of aliphatic hydroxyl groups is 1. The summed E-state index contributed by atoms with van der Waals surface area (Å²) >= 11 is 0. The molecule has 2 heterocycles. The molecule has 2 aromatic carbocycles. The van der Waals surface area contributed by atoms with Crippen molar-refractivity contribution in [1.29, 1.82) is 0 Å². The molecule has 1 aliphatic heterocycles. The zero-order valence-electron chi connectivity index (χ0n) is 16.7. The van der Waals surface area contributed by atoms with Crippen LogP contribution in [0, 0.1) is 0 Å². The molecular formula is C23H26N4O2. The number of amides is 1. The minimum absolute atomic E-state index is 0.0877. The molecule has 0 saturated carbocycles. The quantitative estimate of drug-likeness (QED) is 0.621. The Hall–Kier alpha value is -3.12. The third kappa shape index (κ3) is 3.76. The van der Waals surface area contributed by atoms with E-state index in [1.165, 1.54) is 5.56 Å². The van der Waals surface area contributed by atoms with Gasteiger partial charge >= 0.3 is 0 Å². The monoisotopic (exact) mass is 390 g/mol. The topological polar surface area (TPSA) is 79.2 Å². The summed E-state index contributed by atoms with van der Waals surface area (Å²) in [6.07, 6.45) is 2.46. The van der Waals surface area contributed by atoms with Crippen LogP contribution in [-0.4, -0.2) is 27.4 Å². The van der Waals surface area contributed by atoms with Gasteiger partial charge in [0.1, 0.15) is 11.4 Å². The van der Waals surface area contributed by atoms with Gasteiger partial charge in [-0.2, -0.15) is 5.10 Å². The molecule has 4 rings (SSSR count). The lowest BCUT2D eigenvalue weighted by molar-refractivity contribution is 0.0916. The molecule has 1 aliphatic rings. The molecule has 2 atom stereocenters. The van der Waals surface area contributed by atoms with Crippen LogP contribution < -0.4 is 10.6 Å². The summed E-state index contributed by atoms with van der Waals surface area (Å²) in [5.41, 5.74) is 2.28. The summed E-state index contributed by atoms with van der Waals surface area (Å²) in [7, 11) is 0. The second-order valence-corrected chi connectivity index (χ2v) is 8.06. The van der Waals surface area contributed by atoms with Gasteiger partial charge in [-0.3, -0.25) is 4.79 Å². The van der Waals surface area contributed by atoms with Crippen LogP contribution in [0.15, 0.2) is 66.9 Å². The third-order valence-electron chi connectivity index (χ3n) is 5.49. The van der Waals surface area contributed by atoms with Crippen LogP contribution in [0.5, 0.6) is 0 Å². The van der Waals surface area contributed by atoms with Gasteiger partial charge in [-0.15, -0.1) is 0 Å². The van der Waals surface area contributed by atoms with Gasteiger partial charge in [-0.1, -0.05) is 60.7 Å². The number of carbonyl (C=O) groups is 1. The van der Waals surface area contributed by atoms with Crippen molar-refractivity contribution in [3.05, 3.63) is 83.6 Å². The van der Waals surface area contributed by atoms with E-state index in [9.17, 15) is 9.90 Å². The highest BCUT2D eigenvalue weighted by atomic mass is 16.3. The Morgan fingerprint density at radius 1 is 1.21 bits per heavy atom. The van der Waals surface area contributed by atoms with Crippen molar-refractivity contribution in [2.24, 2.45) is 0 Å². The van der Waals surface area contributed by atoms with Gasteiger partial charge in [0.2, 0.25) is 0 Å². The molecule has 150 valence electrons. The van der Waals surface area contributed by atoms with E-state index < -0.39 is 6.04 Å². The fourth-order valence-electron chi connectivity index (χ4n) is 3.96. The standard InChI is InChI=1S/C23H26N4O2/c1-23(2)13-19(16-9-5-3-6-10-16)25-21-18(14-24-27(21)23)22(29)26-20(15-28)17-11-7-4-8-12-17/h3-12,14,19-20,25,28H,13,15H2,1-2H3,(H,26,29)/t19?,20-/m1/s1. The molecular weight excluding hydrogens is 364 g/mol. The second kappa shape index (κ2) is 7.72. The maximum Gasteiger partial charge on any atom is 0.257 e. The number of anilines is 1. The van der Waals surface area contributed by atoms with Crippen molar-refractivity contribution >= 4 is 11.7 Å². The number of carbonyl (C=O) groups excluding carboxylic acids is 1. The van der Waals surface area contributed by atoms with Crippen LogP contribution in [0.1, 0.15) is 53.8 Å². The van der Waals surface area contributed by atoms with Gasteiger partial charge in [0.25, 0.3) is 5.91 Å². The van der Waals surface area contributed by atoms with Crippen LogP contribution in [0.25, 0.3) is 0 Å². The summed E-state index contributed by atoms with van der Waals surface area (Å²) in [5, 5.41) is 20.7. The Labute approximate surface area is 170 Å². The maximum atomic E-state index is 13.1. The van der Waals surface area contributed by atoms with Crippen molar-refractivity contribution in [2.45, 2.75) is 37.9 Å². The number of hydrogen-bond acceptors (Lipinski definition) is 4. The minimum Gasteiger partial charge on any atom is -0.394 e. The lowest BCUT2D eigenvalue weighted by atomic mass is 9.89. The normalized spacial score (nSPS) is 18.4. The number of hydrogen-bond donors (Lipinski definition) is 3. The summed E-state index contributed by atoms with van der Waals surface area (Å²) in [4.78, 5) is 13.1. The number of aliphatic hydroxyl groups excluding tert-OH is 1. The molecule has 0 saturated heterocycles. The summed E-state index contributed by atoms with van der Waals surface area (Å²) in [6, 6.07) is 19.3. The average molecular weight is 390 g/mol. The number of aromatic nitrogens is 2. The Bertz CT molecular complexity index is 983. The molecule has 6 nitrogen and oxygen atoms in total. The van der Waals surface area contributed by atoms with E-state index in [1.807, 2.05) is 53.2 Å². The van der Waals surface area contributed by atoms with E-state index in [2.05, 4.69) is 41.7 Å². The number of benzene rings is 2. The molecule has 0 radical (unpaired) electrons. The van der Waals surface area contributed by atoms with E-state index in [0.717, 1.165) is 12.0 Å². The molecule has 0 spiro atoms. The first-order valence-electron chi connectivity index (χ1n) is 9.86. The molecule has 3 N–H and O–H groups in total. The van der Waals surface area contributed by atoms with Crippen LogP contribution in [0.2, 0.25) is 0 Å². The van der Waals surface area contributed by atoms with Gasteiger partial charge < -0.3 is 15.7 Å². The lowest BCUT2D eigenvalue weighted by Gasteiger charge is -2.38. The van der Waals surface area contributed by atoms with Gasteiger partial charge in [-0.05, 0) is 31.4 Å². The highest BCUT2D eigenvalue weighted by Crippen LogP contribution is 2.39. The summed E-state index contributed by atoms with van der Waals surface area (Å²) in [6.45, 7) is 4.08. The molecule has 1 unspecified atom stereocenters. The van der Waals surface area contributed by atoms with Crippen molar-refractivity contribution in [3.63, 3.8) is 0 Å². The smallest absolute Gasteiger partial charge is 0.257 e. The number of nitrogens with zero attached hydrogens (tertiary/aromatic N) is 2. The fraction of sp³-hybridized carbons (Fsp3) is 0.304. The lowest BCUT2D eigenvalue weighted by Crippen LogP contribution is -2.39. The molecule has 0 bridgehead atoms. The predicted octanol–water partition coefficient (Wildman–Crippen LogP) is 3.64. The first kappa shape index (κ1) is 19.2. The van der Waals surface area contributed by atoms with Gasteiger partial charge in [0, 0.05) is 0 Å². The molecule has 0 aliphatic carbocycles. The van der Waals surface area contributed by atoms with Crippen LogP contribution >= 0.6 is 0 Å². The molecule has 1 aromatic heterocycles. The zero-order chi connectivity index (χ0) is 20.4. The van der Waals surface area contributed by atoms with Crippen molar-refractivity contribution in [3.8, 4) is 0 Å². The highest BCUT2D eigenvalue weighted by molar-refractivity contribution is 5.99. The third-order valence-corrected chi connectivity index (χ3v) is 5.49. The van der Waals surface area contributed by atoms with E-state index in [0.29, 0.717) is 11.4 Å².